The maximum absolute atomic E-state index is 2.44. The van der Waals surface area contributed by atoms with E-state index >= 15 is 0 Å². The molecule has 168 valence electrons. The van der Waals surface area contributed by atoms with Gasteiger partial charge in [0.1, 0.15) is 0 Å². The third-order valence-electron chi connectivity index (χ3n) is 6.80. The van der Waals surface area contributed by atoms with Crippen LogP contribution in [-0.2, 0) is 0 Å². The van der Waals surface area contributed by atoms with Crippen LogP contribution in [0.1, 0.15) is 33.7 Å². The van der Waals surface area contributed by atoms with Gasteiger partial charge in [0.15, 0.2) is 0 Å². The molecule has 0 aromatic heterocycles. The van der Waals surface area contributed by atoms with Crippen LogP contribution >= 0.6 is 7.92 Å². The fraction of sp³-hybridized carbons (Fsp3) is 0.0588. The normalized spacial score (nSPS) is 14.6. The average molecular weight is 467 g/mol. The molecule has 1 atom stereocenters. The maximum Gasteiger partial charge on any atom is 0.0358 e. The van der Waals surface area contributed by atoms with Crippen molar-refractivity contribution < 1.29 is 0 Å². The van der Waals surface area contributed by atoms with Crippen molar-refractivity contribution in [3.8, 4) is 0 Å². The van der Waals surface area contributed by atoms with Gasteiger partial charge in [-0.2, -0.15) is 0 Å². The Morgan fingerprint density at radius 2 is 1.11 bits per heavy atom. The Bertz CT molecular complexity index is 1440. The highest BCUT2D eigenvalue weighted by atomic mass is 31.1. The topological polar surface area (TPSA) is 0 Å². The molecule has 1 heteroatoms. The number of benzene rings is 5. The predicted octanol–water partition coefficient (Wildman–Crippen LogP) is 7.44. The molecular weight excluding hydrogens is 439 g/mol. The summed E-state index contributed by atoms with van der Waals surface area (Å²) in [6.07, 6.45) is 2.40. The minimum Gasteiger partial charge on any atom is -0.0622 e. The first kappa shape index (κ1) is 21.8. The Morgan fingerprint density at radius 3 is 1.77 bits per heavy atom. The van der Waals surface area contributed by atoms with Crippen molar-refractivity contribution >= 4 is 35.5 Å². The third kappa shape index (κ3) is 4.16. The monoisotopic (exact) mass is 466 g/mol. The van der Waals surface area contributed by atoms with Crippen molar-refractivity contribution in [2.45, 2.75) is 12.8 Å². The summed E-state index contributed by atoms with van der Waals surface area (Å²) in [5.41, 5.74) is 8.12. The van der Waals surface area contributed by atoms with E-state index in [4.69, 9.17) is 0 Å². The van der Waals surface area contributed by atoms with Crippen molar-refractivity contribution in [2.24, 2.45) is 0 Å². The van der Waals surface area contributed by atoms with E-state index in [-0.39, 0.29) is 5.92 Å². The fourth-order valence-corrected chi connectivity index (χ4v) is 7.80. The summed E-state index contributed by atoms with van der Waals surface area (Å²) in [5, 5.41) is 4.22. The Kier molecular flexibility index (Phi) is 5.91. The molecule has 0 saturated carbocycles. The van der Waals surface area contributed by atoms with Crippen LogP contribution in [0.5, 0.6) is 0 Å². The van der Waals surface area contributed by atoms with Crippen molar-refractivity contribution in [3.63, 3.8) is 0 Å². The van der Waals surface area contributed by atoms with Crippen LogP contribution in [0.25, 0.3) is 11.6 Å². The summed E-state index contributed by atoms with van der Waals surface area (Å²) in [6.45, 7) is 2.22. The Morgan fingerprint density at radius 1 is 0.543 bits per heavy atom. The van der Waals surface area contributed by atoms with Gasteiger partial charge in [-0.15, -0.1) is 0 Å². The lowest BCUT2D eigenvalue weighted by Gasteiger charge is -2.27. The van der Waals surface area contributed by atoms with Crippen LogP contribution in [0.15, 0.2) is 133 Å². The first-order valence-corrected chi connectivity index (χ1v) is 13.5. The zero-order valence-electron chi connectivity index (χ0n) is 19.8. The molecule has 0 aliphatic heterocycles. The molecule has 6 rings (SSSR count). The second-order valence-electron chi connectivity index (χ2n) is 9.10. The molecule has 1 aliphatic carbocycles. The number of fused-ring (bicyclic) bond motifs is 1. The summed E-state index contributed by atoms with van der Waals surface area (Å²) >= 11 is 0. The van der Waals surface area contributed by atoms with E-state index in [0.717, 1.165) is 0 Å². The Labute approximate surface area is 209 Å². The molecule has 0 amide bonds. The zero-order chi connectivity index (χ0) is 23.6. The van der Waals surface area contributed by atoms with E-state index in [1.54, 1.807) is 0 Å². The summed E-state index contributed by atoms with van der Waals surface area (Å²) in [4.78, 5) is 0. The van der Waals surface area contributed by atoms with E-state index < -0.39 is 7.92 Å². The van der Waals surface area contributed by atoms with E-state index in [0.29, 0.717) is 0 Å². The van der Waals surface area contributed by atoms with Gasteiger partial charge in [-0.05, 0) is 64.7 Å². The summed E-state index contributed by atoms with van der Waals surface area (Å²) in [6, 6.07) is 49.0. The molecule has 5 aromatic carbocycles. The second-order valence-corrected chi connectivity index (χ2v) is 11.3. The molecule has 0 fully saturated rings. The highest BCUT2D eigenvalue weighted by Crippen LogP contribution is 2.48. The highest BCUT2D eigenvalue weighted by Gasteiger charge is 2.31. The van der Waals surface area contributed by atoms with Gasteiger partial charge in [0.2, 0.25) is 0 Å². The van der Waals surface area contributed by atoms with Gasteiger partial charge < -0.3 is 0 Å². The van der Waals surface area contributed by atoms with Crippen LogP contribution in [-0.4, -0.2) is 0 Å². The minimum atomic E-state index is -0.704. The van der Waals surface area contributed by atoms with Crippen molar-refractivity contribution in [3.05, 3.63) is 161 Å². The molecule has 1 aliphatic rings. The second kappa shape index (κ2) is 9.49. The van der Waals surface area contributed by atoms with Gasteiger partial charge >= 0.3 is 0 Å². The van der Waals surface area contributed by atoms with Gasteiger partial charge in [0, 0.05) is 5.92 Å². The van der Waals surface area contributed by atoms with Crippen LogP contribution in [0.4, 0.5) is 0 Å². The smallest absolute Gasteiger partial charge is 0.0358 e. The van der Waals surface area contributed by atoms with Gasteiger partial charge in [-0.3, -0.25) is 0 Å². The molecule has 1 unspecified atom stereocenters. The van der Waals surface area contributed by atoms with E-state index in [1.165, 1.54) is 49.3 Å². The average Bonchev–Trinajstić information content (AvgIpc) is 3.30. The number of hydrogen-bond acceptors (Lipinski definition) is 0. The van der Waals surface area contributed by atoms with Gasteiger partial charge in [0.05, 0.1) is 0 Å². The van der Waals surface area contributed by atoms with Gasteiger partial charge in [0.25, 0.3) is 0 Å². The number of aryl methyl sites for hydroxylation is 1. The Balaban J connectivity index is 1.60. The first-order valence-electron chi connectivity index (χ1n) is 12.2. The fourth-order valence-electron chi connectivity index (χ4n) is 5.21. The molecule has 0 radical (unpaired) electrons. The molecular formula is C34H27P. The zero-order valence-corrected chi connectivity index (χ0v) is 20.7. The van der Waals surface area contributed by atoms with Gasteiger partial charge in [-0.1, -0.05) is 139 Å². The number of hydrogen-bond donors (Lipinski definition) is 0. The number of allylic oxidation sites excluding steroid dienone is 1. The van der Waals surface area contributed by atoms with E-state index in [9.17, 15) is 0 Å². The largest absolute Gasteiger partial charge is 0.0622 e. The lowest BCUT2D eigenvalue weighted by Crippen LogP contribution is -2.25. The molecule has 0 saturated heterocycles. The van der Waals surface area contributed by atoms with Crippen LogP contribution in [0.2, 0.25) is 0 Å². The van der Waals surface area contributed by atoms with Crippen LogP contribution < -0.4 is 15.9 Å². The highest BCUT2D eigenvalue weighted by molar-refractivity contribution is 7.79. The van der Waals surface area contributed by atoms with Crippen LogP contribution in [0, 0.1) is 6.92 Å². The number of rotatable bonds is 5. The van der Waals surface area contributed by atoms with E-state index in [1.807, 2.05) is 0 Å². The molecule has 35 heavy (non-hydrogen) atoms. The first-order chi connectivity index (χ1) is 17.3. The summed E-state index contributed by atoms with van der Waals surface area (Å²) in [7, 11) is -0.704. The standard InChI is InChI=1S/C34H27P/c1-25-21-22-31(33(23-25)35(28-16-7-3-8-17-28)29-18-9-4-10-19-29)34-30-20-12-11-15-27(30)24-32(34)26-13-5-2-6-14-26/h2-24,34H,1H3. The maximum atomic E-state index is 2.44. The van der Waals surface area contributed by atoms with Crippen molar-refractivity contribution in [1.82, 2.24) is 0 Å². The van der Waals surface area contributed by atoms with Crippen molar-refractivity contribution in [1.29, 1.82) is 0 Å². The van der Waals surface area contributed by atoms with E-state index in [2.05, 4.69) is 146 Å². The molecule has 0 spiro atoms. The molecule has 0 nitrogen and oxygen atoms in total. The molecule has 0 heterocycles. The lowest BCUT2D eigenvalue weighted by molar-refractivity contribution is 1.08. The SMILES string of the molecule is Cc1ccc(C2C(c3ccccc3)=Cc3ccccc32)c(P(c2ccccc2)c2ccccc2)c1. The Hall–Kier alpha value is -3.73. The summed E-state index contributed by atoms with van der Waals surface area (Å²) < 4.78 is 0. The quantitative estimate of drug-likeness (QED) is 0.236. The molecule has 5 aromatic rings. The minimum absolute atomic E-state index is 0.210. The molecule has 0 N–H and O–H groups in total. The third-order valence-corrected chi connectivity index (χ3v) is 9.30. The summed E-state index contributed by atoms with van der Waals surface area (Å²) in [5.74, 6) is 0.210. The lowest BCUT2D eigenvalue weighted by atomic mass is 9.85. The van der Waals surface area contributed by atoms with Gasteiger partial charge in [-0.25, -0.2) is 0 Å². The predicted molar refractivity (Wildman–Crippen MR) is 152 cm³/mol. The van der Waals surface area contributed by atoms with Crippen LogP contribution in [0.3, 0.4) is 0 Å². The van der Waals surface area contributed by atoms with Crippen molar-refractivity contribution in [2.75, 3.05) is 0 Å². The molecule has 0 bridgehead atoms.